The molecule has 1 aliphatic carbocycles. The minimum Gasteiger partial charge on any atom is -0.111 e. The predicted molar refractivity (Wildman–Crippen MR) is 76.7 cm³/mol. The zero-order valence-electron chi connectivity index (χ0n) is 10.5. The monoisotopic (exact) mass is 222 g/mol. The summed E-state index contributed by atoms with van der Waals surface area (Å²) in [7, 11) is 0. The van der Waals surface area contributed by atoms with Crippen LogP contribution in [0.4, 0.5) is 0 Å². The van der Waals surface area contributed by atoms with Crippen LogP contribution in [-0.4, -0.2) is 0 Å². The van der Waals surface area contributed by atoms with Crippen LogP contribution in [0, 0.1) is 0 Å². The first-order chi connectivity index (χ1) is 8.36. The maximum atomic E-state index is 3.83. The highest BCUT2D eigenvalue weighted by molar-refractivity contribution is 5.86. The van der Waals surface area contributed by atoms with Gasteiger partial charge in [0, 0.05) is 5.57 Å². The Morgan fingerprint density at radius 1 is 1.00 bits per heavy atom. The molecule has 0 unspecified atom stereocenters. The van der Waals surface area contributed by atoms with Gasteiger partial charge in [0.15, 0.2) is 0 Å². The molecule has 0 N–H and O–H groups in total. The van der Waals surface area contributed by atoms with Gasteiger partial charge in [-0.1, -0.05) is 69.5 Å². The fourth-order valence-corrected chi connectivity index (χ4v) is 1.68. The van der Waals surface area contributed by atoms with Crippen LogP contribution in [-0.2, 0) is 0 Å². The van der Waals surface area contributed by atoms with Gasteiger partial charge in [-0.05, 0) is 22.8 Å². The van der Waals surface area contributed by atoms with Crippen molar-refractivity contribution in [3.8, 4) is 0 Å². The highest BCUT2D eigenvalue weighted by atomic mass is 14.1. The van der Waals surface area contributed by atoms with Crippen molar-refractivity contribution in [3.05, 3.63) is 84.2 Å². The Balaban J connectivity index is 0.000000686. The van der Waals surface area contributed by atoms with Crippen molar-refractivity contribution in [2.75, 3.05) is 0 Å². The molecular formula is C17H18. The van der Waals surface area contributed by atoms with Crippen molar-refractivity contribution in [1.29, 1.82) is 0 Å². The first-order valence-electron chi connectivity index (χ1n) is 5.88. The van der Waals surface area contributed by atoms with E-state index in [1.165, 1.54) is 5.56 Å². The molecule has 1 aliphatic rings. The van der Waals surface area contributed by atoms with Crippen LogP contribution in [0.3, 0.4) is 0 Å². The van der Waals surface area contributed by atoms with Crippen LogP contribution in [0.25, 0.3) is 5.57 Å². The molecule has 86 valence electrons. The van der Waals surface area contributed by atoms with Gasteiger partial charge in [-0.2, -0.15) is 0 Å². The molecule has 0 spiro atoms. The van der Waals surface area contributed by atoms with Crippen LogP contribution in [0.15, 0.2) is 78.6 Å². The fraction of sp³-hybridized carbons (Fsp3) is 0.118. The number of rotatable bonds is 3. The third-order valence-corrected chi connectivity index (χ3v) is 2.44. The molecule has 2 rings (SSSR count). The number of hydrogen-bond donors (Lipinski definition) is 0. The van der Waals surface area contributed by atoms with Crippen molar-refractivity contribution in [2.45, 2.75) is 13.8 Å². The topological polar surface area (TPSA) is 0 Å². The van der Waals surface area contributed by atoms with Gasteiger partial charge in [0.1, 0.15) is 0 Å². The summed E-state index contributed by atoms with van der Waals surface area (Å²) in [6.07, 6.45) is 5.64. The summed E-state index contributed by atoms with van der Waals surface area (Å²) >= 11 is 0. The molecule has 0 bridgehead atoms. The summed E-state index contributed by atoms with van der Waals surface area (Å²) in [4.78, 5) is 0. The van der Waals surface area contributed by atoms with E-state index in [0.29, 0.717) is 0 Å². The van der Waals surface area contributed by atoms with Crippen molar-refractivity contribution >= 4 is 5.57 Å². The summed E-state index contributed by atoms with van der Waals surface area (Å²) in [5.41, 5.74) is 7.71. The van der Waals surface area contributed by atoms with Gasteiger partial charge in [-0.25, -0.2) is 0 Å². The van der Waals surface area contributed by atoms with E-state index in [9.17, 15) is 0 Å². The van der Waals surface area contributed by atoms with E-state index >= 15 is 0 Å². The lowest BCUT2D eigenvalue weighted by molar-refractivity contribution is 1.50. The van der Waals surface area contributed by atoms with E-state index in [2.05, 4.69) is 31.0 Å². The Morgan fingerprint density at radius 2 is 1.65 bits per heavy atom. The summed E-state index contributed by atoms with van der Waals surface area (Å²) < 4.78 is 0. The lowest BCUT2D eigenvalue weighted by Gasteiger charge is -2.04. The van der Waals surface area contributed by atoms with Gasteiger partial charge in [-0.3, -0.25) is 0 Å². The zero-order valence-corrected chi connectivity index (χ0v) is 10.5. The van der Waals surface area contributed by atoms with Crippen molar-refractivity contribution in [3.63, 3.8) is 0 Å². The first-order valence-corrected chi connectivity index (χ1v) is 5.88. The molecule has 0 saturated carbocycles. The molecule has 0 fully saturated rings. The van der Waals surface area contributed by atoms with Crippen LogP contribution in [0.1, 0.15) is 19.4 Å². The number of benzene rings is 1. The largest absolute Gasteiger partial charge is 0.111 e. The lowest BCUT2D eigenvalue weighted by Crippen LogP contribution is -1.85. The molecule has 0 aliphatic heterocycles. The normalized spacial score (nSPS) is 12.7. The number of allylic oxidation sites excluding steroid dienone is 5. The Labute approximate surface area is 104 Å². The molecule has 17 heavy (non-hydrogen) atoms. The van der Waals surface area contributed by atoms with Gasteiger partial charge in [0.2, 0.25) is 0 Å². The fourth-order valence-electron chi connectivity index (χ4n) is 1.68. The standard InChI is InChI=1S/C15H12.C2H6/c1-3-12-10-11-15(14(12)4-2)13-8-6-5-7-9-13;1-2/h3-10H,1-2H2;1-2H3. The van der Waals surface area contributed by atoms with Crippen molar-refractivity contribution in [1.82, 2.24) is 0 Å². The van der Waals surface area contributed by atoms with E-state index in [1.54, 1.807) is 0 Å². The molecule has 0 atom stereocenters. The van der Waals surface area contributed by atoms with Crippen LogP contribution >= 0.6 is 0 Å². The Morgan fingerprint density at radius 3 is 2.18 bits per heavy atom. The average Bonchev–Trinajstić information content (AvgIpc) is 2.84. The lowest BCUT2D eigenvalue weighted by atomic mass is 9.98. The minimum atomic E-state index is 1.09. The van der Waals surface area contributed by atoms with Crippen molar-refractivity contribution < 1.29 is 0 Å². The van der Waals surface area contributed by atoms with E-state index < -0.39 is 0 Å². The molecule has 0 heteroatoms. The molecule has 1 aromatic rings. The summed E-state index contributed by atoms with van der Waals surface area (Å²) in [6.45, 7) is 11.6. The first kappa shape index (κ1) is 13.0. The maximum absolute atomic E-state index is 3.83. The van der Waals surface area contributed by atoms with Crippen LogP contribution in [0.5, 0.6) is 0 Å². The van der Waals surface area contributed by atoms with Crippen molar-refractivity contribution in [2.24, 2.45) is 0 Å². The third kappa shape index (κ3) is 2.75. The Kier molecular flexibility index (Phi) is 5.00. The van der Waals surface area contributed by atoms with Crippen LogP contribution in [0.2, 0.25) is 0 Å². The third-order valence-electron chi connectivity index (χ3n) is 2.44. The second-order valence-corrected chi connectivity index (χ2v) is 3.31. The highest BCUT2D eigenvalue weighted by Crippen LogP contribution is 2.30. The molecule has 0 saturated heterocycles. The molecule has 0 heterocycles. The molecule has 0 aromatic heterocycles. The van der Waals surface area contributed by atoms with Gasteiger partial charge in [-0.15, -0.1) is 5.73 Å². The molecule has 0 radical (unpaired) electrons. The zero-order chi connectivity index (χ0) is 12.7. The summed E-state index contributed by atoms with van der Waals surface area (Å²) in [5, 5.41) is 0. The van der Waals surface area contributed by atoms with Gasteiger partial charge in [0.25, 0.3) is 0 Å². The van der Waals surface area contributed by atoms with E-state index in [4.69, 9.17) is 0 Å². The number of hydrogen-bond acceptors (Lipinski definition) is 0. The van der Waals surface area contributed by atoms with E-state index in [0.717, 1.165) is 16.7 Å². The Hall–Kier alpha value is -2.04. The molecular weight excluding hydrogens is 204 g/mol. The van der Waals surface area contributed by atoms with E-state index in [-0.39, 0.29) is 0 Å². The second kappa shape index (κ2) is 6.52. The maximum Gasteiger partial charge on any atom is 0.0315 e. The quantitative estimate of drug-likeness (QED) is 0.636. The Bertz CT molecular complexity index is 492. The van der Waals surface area contributed by atoms with Crippen LogP contribution < -0.4 is 0 Å². The molecule has 0 nitrogen and oxygen atoms in total. The minimum absolute atomic E-state index is 1.09. The van der Waals surface area contributed by atoms with E-state index in [1.807, 2.05) is 50.3 Å². The van der Waals surface area contributed by atoms with Gasteiger partial charge < -0.3 is 0 Å². The molecule has 1 aromatic carbocycles. The summed E-state index contributed by atoms with van der Waals surface area (Å²) in [5.74, 6) is 0. The average molecular weight is 222 g/mol. The summed E-state index contributed by atoms with van der Waals surface area (Å²) in [6, 6.07) is 10.2. The van der Waals surface area contributed by atoms with Gasteiger partial charge >= 0.3 is 0 Å². The molecule has 0 amide bonds. The predicted octanol–water partition coefficient (Wildman–Crippen LogP) is 4.93. The second-order valence-electron chi connectivity index (χ2n) is 3.31. The SMILES string of the molecule is C=CC1=C(C=C)C(c2ccccc2)=C=C1.CC. The highest BCUT2D eigenvalue weighted by Gasteiger charge is 2.11. The van der Waals surface area contributed by atoms with Gasteiger partial charge in [0.05, 0.1) is 0 Å². The smallest absolute Gasteiger partial charge is 0.0315 e.